The van der Waals surface area contributed by atoms with Gasteiger partial charge in [0.25, 0.3) is 0 Å². The lowest BCUT2D eigenvalue weighted by Crippen LogP contribution is -2.17. The first-order valence-electron chi connectivity index (χ1n) is 6.44. The summed E-state index contributed by atoms with van der Waals surface area (Å²) >= 11 is 0. The zero-order valence-electron chi connectivity index (χ0n) is 11.2. The Bertz CT molecular complexity index is 420. The number of benzene rings is 1. The summed E-state index contributed by atoms with van der Waals surface area (Å²) in [5, 5.41) is 13.1. The molecule has 1 heterocycles. The third-order valence-corrected chi connectivity index (χ3v) is 3.08. The molecule has 0 saturated carbocycles. The first-order chi connectivity index (χ1) is 8.65. The van der Waals surface area contributed by atoms with Gasteiger partial charge in [0.15, 0.2) is 0 Å². The number of rotatable bonds is 5. The molecule has 1 aromatic carbocycles. The second kappa shape index (κ2) is 5.59. The molecule has 0 aliphatic carbocycles. The Kier molecular flexibility index (Phi) is 4.09. The van der Waals surface area contributed by atoms with Gasteiger partial charge >= 0.3 is 0 Å². The molecule has 4 nitrogen and oxygen atoms in total. The number of fused-ring (bicyclic) bond motifs is 1. The molecular weight excluding hydrogens is 230 g/mol. The summed E-state index contributed by atoms with van der Waals surface area (Å²) < 4.78 is 11.3. The zero-order chi connectivity index (χ0) is 13.1. The lowest BCUT2D eigenvalue weighted by Gasteiger charge is -2.17. The lowest BCUT2D eigenvalue weighted by atomic mass is 10.0. The van der Waals surface area contributed by atoms with Crippen LogP contribution in [0.15, 0.2) is 12.1 Å². The summed E-state index contributed by atoms with van der Waals surface area (Å²) in [6, 6.07) is 3.91. The number of nitrogens with one attached hydrogen (secondary N) is 1. The zero-order valence-corrected chi connectivity index (χ0v) is 11.2. The van der Waals surface area contributed by atoms with Crippen molar-refractivity contribution >= 4 is 0 Å². The van der Waals surface area contributed by atoms with Gasteiger partial charge in [0.05, 0.1) is 12.7 Å². The third kappa shape index (κ3) is 2.60. The van der Waals surface area contributed by atoms with Crippen molar-refractivity contribution in [1.29, 1.82) is 0 Å². The van der Waals surface area contributed by atoms with Gasteiger partial charge in [-0.15, -0.1) is 0 Å². The average Bonchev–Trinajstić information content (AvgIpc) is 2.68. The molecule has 100 valence electrons. The first kappa shape index (κ1) is 13.2. The highest BCUT2D eigenvalue weighted by Gasteiger charge is 2.24. The van der Waals surface area contributed by atoms with E-state index in [1.807, 2.05) is 33.0 Å². The van der Waals surface area contributed by atoms with E-state index in [9.17, 15) is 5.11 Å². The molecule has 0 fully saturated rings. The molecule has 2 N–H and O–H groups in total. The van der Waals surface area contributed by atoms with E-state index < -0.39 is 6.10 Å². The van der Waals surface area contributed by atoms with Gasteiger partial charge in [-0.2, -0.15) is 0 Å². The Morgan fingerprint density at radius 2 is 2.33 bits per heavy atom. The molecule has 1 aliphatic rings. The van der Waals surface area contributed by atoms with E-state index in [0.29, 0.717) is 13.2 Å². The van der Waals surface area contributed by atoms with Crippen LogP contribution in [0, 0.1) is 0 Å². The van der Waals surface area contributed by atoms with Gasteiger partial charge in [0.2, 0.25) is 0 Å². The topological polar surface area (TPSA) is 50.7 Å². The maximum Gasteiger partial charge on any atom is 0.125 e. The molecule has 0 saturated heterocycles. The van der Waals surface area contributed by atoms with Crippen LogP contribution in [0.5, 0.6) is 11.5 Å². The maximum atomic E-state index is 10.1. The van der Waals surface area contributed by atoms with Gasteiger partial charge in [-0.25, -0.2) is 0 Å². The summed E-state index contributed by atoms with van der Waals surface area (Å²) in [5.74, 6) is 1.63. The van der Waals surface area contributed by atoms with Crippen LogP contribution in [0.4, 0.5) is 0 Å². The molecule has 0 aromatic heterocycles. The standard InChI is InChI=1S/C14H21NO3/c1-4-17-14-6-10-5-9(2)18-13(10)7-11(14)12(16)8-15-3/h6-7,9,12,15-16H,4-5,8H2,1-3H3. The number of aliphatic hydroxyl groups is 1. The third-order valence-electron chi connectivity index (χ3n) is 3.08. The number of hydrogen-bond donors (Lipinski definition) is 2. The van der Waals surface area contributed by atoms with Crippen LogP contribution >= 0.6 is 0 Å². The Balaban J connectivity index is 2.34. The highest BCUT2D eigenvalue weighted by atomic mass is 16.5. The monoisotopic (exact) mass is 251 g/mol. The second-order valence-corrected chi connectivity index (χ2v) is 4.64. The van der Waals surface area contributed by atoms with E-state index in [1.54, 1.807) is 0 Å². The van der Waals surface area contributed by atoms with Crippen LogP contribution in [0.2, 0.25) is 0 Å². The first-order valence-corrected chi connectivity index (χ1v) is 6.44. The lowest BCUT2D eigenvalue weighted by molar-refractivity contribution is 0.171. The fraction of sp³-hybridized carbons (Fsp3) is 0.571. The number of ether oxygens (including phenoxy) is 2. The number of hydrogen-bond acceptors (Lipinski definition) is 4. The molecule has 1 aliphatic heterocycles. The van der Waals surface area contributed by atoms with E-state index in [4.69, 9.17) is 9.47 Å². The highest BCUT2D eigenvalue weighted by molar-refractivity contribution is 5.49. The fourth-order valence-corrected chi connectivity index (χ4v) is 2.30. The Morgan fingerprint density at radius 3 is 3.00 bits per heavy atom. The molecule has 1 aromatic rings. The van der Waals surface area contributed by atoms with Crippen molar-refractivity contribution in [1.82, 2.24) is 5.32 Å². The molecule has 0 amide bonds. The second-order valence-electron chi connectivity index (χ2n) is 4.64. The van der Waals surface area contributed by atoms with Crippen LogP contribution < -0.4 is 14.8 Å². The quantitative estimate of drug-likeness (QED) is 0.835. The summed E-state index contributed by atoms with van der Waals surface area (Å²) in [7, 11) is 1.81. The van der Waals surface area contributed by atoms with Crippen LogP contribution in [-0.2, 0) is 6.42 Å². The van der Waals surface area contributed by atoms with Gasteiger partial charge in [-0.05, 0) is 33.0 Å². The summed E-state index contributed by atoms with van der Waals surface area (Å²) in [5.41, 5.74) is 1.95. The molecule has 2 rings (SSSR count). The number of likely N-dealkylation sites (N-methyl/N-ethyl adjacent to an activating group) is 1. The minimum atomic E-state index is -0.582. The molecule has 18 heavy (non-hydrogen) atoms. The largest absolute Gasteiger partial charge is 0.493 e. The smallest absolute Gasteiger partial charge is 0.125 e. The molecule has 0 bridgehead atoms. The molecule has 2 unspecified atom stereocenters. The predicted octanol–water partition coefficient (Wildman–Crippen LogP) is 1.66. The summed E-state index contributed by atoms with van der Waals surface area (Å²) in [6.45, 7) is 5.08. The molecule has 0 radical (unpaired) electrons. The van der Waals surface area contributed by atoms with Crippen LogP contribution in [0.3, 0.4) is 0 Å². The van der Waals surface area contributed by atoms with Gasteiger partial charge in [-0.3, -0.25) is 0 Å². The molecule has 2 atom stereocenters. The minimum absolute atomic E-state index is 0.200. The van der Waals surface area contributed by atoms with Crippen molar-refractivity contribution in [2.75, 3.05) is 20.2 Å². The van der Waals surface area contributed by atoms with Crippen molar-refractivity contribution in [2.24, 2.45) is 0 Å². The Hall–Kier alpha value is -1.26. The molecule has 4 heteroatoms. The molecular formula is C14H21NO3. The average molecular weight is 251 g/mol. The van der Waals surface area contributed by atoms with Gasteiger partial charge < -0.3 is 19.9 Å². The van der Waals surface area contributed by atoms with Crippen molar-refractivity contribution < 1.29 is 14.6 Å². The van der Waals surface area contributed by atoms with Crippen molar-refractivity contribution in [2.45, 2.75) is 32.5 Å². The summed E-state index contributed by atoms with van der Waals surface area (Å²) in [4.78, 5) is 0. The van der Waals surface area contributed by atoms with Crippen LogP contribution in [0.25, 0.3) is 0 Å². The Morgan fingerprint density at radius 1 is 1.56 bits per heavy atom. The van der Waals surface area contributed by atoms with E-state index in [1.165, 1.54) is 0 Å². The van der Waals surface area contributed by atoms with Gasteiger partial charge in [0.1, 0.15) is 17.6 Å². The van der Waals surface area contributed by atoms with Crippen molar-refractivity contribution in [3.05, 3.63) is 23.3 Å². The van der Waals surface area contributed by atoms with Gasteiger partial charge in [-0.1, -0.05) is 0 Å². The maximum absolute atomic E-state index is 10.1. The number of aliphatic hydroxyl groups excluding tert-OH is 1. The van der Waals surface area contributed by atoms with E-state index in [2.05, 4.69) is 5.32 Å². The Labute approximate surface area is 108 Å². The highest BCUT2D eigenvalue weighted by Crippen LogP contribution is 2.37. The normalized spacial score (nSPS) is 19.2. The van der Waals surface area contributed by atoms with Crippen LogP contribution in [0.1, 0.15) is 31.1 Å². The molecule has 0 spiro atoms. The van der Waals surface area contributed by atoms with Crippen molar-refractivity contribution in [3.63, 3.8) is 0 Å². The fourth-order valence-electron chi connectivity index (χ4n) is 2.30. The van der Waals surface area contributed by atoms with Crippen molar-refractivity contribution in [3.8, 4) is 11.5 Å². The van der Waals surface area contributed by atoms with E-state index in [-0.39, 0.29) is 6.10 Å². The summed E-state index contributed by atoms with van der Waals surface area (Å²) in [6.07, 6.45) is 0.519. The SMILES string of the molecule is CCOc1cc2c(cc1C(O)CNC)OC(C)C2. The van der Waals surface area contributed by atoms with E-state index >= 15 is 0 Å². The minimum Gasteiger partial charge on any atom is -0.493 e. The predicted molar refractivity (Wildman–Crippen MR) is 70.3 cm³/mol. The van der Waals surface area contributed by atoms with Crippen LogP contribution in [-0.4, -0.2) is 31.4 Å². The van der Waals surface area contributed by atoms with E-state index in [0.717, 1.165) is 29.0 Å². The van der Waals surface area contributed by atoms with Gasteiger partial charge in [0, 0.05) is 24.1 Å².